The molecular weight excluding hydrogens is 384 g/mol. The van der Waals surface area contributed by atoms with Crippen LogP contribution in [0.1, 0.15) is 35.3 Å². The highest BCUT2D eigenvalue weighted by molar-refractivity contribution is 5.81. The van der Waals surface area contributed by atoms with Crippen LogP contribution in [-0.2, 0) is 24.2 Å². The highest BCUT2D eigenvalue weighted by Crippen LogP contribution is 2.32. The SMILES string of the molecule is CCc1ccc(C2N(Cc3ccccc3)CC(=O)N2CCc2ccc(OC)cc2)cc1. The summed E-state index contributed by atoms with van der Waals surface area (Å²) in [5.41, 5.74) is 4.92. The Hall–Kier alpha value is -3.11. The van der Waals surface area contributed by atoms with Gasteiger partial charge in [-0.15, -0.1) is 0 Å². The van der Waals surface area contributed by atoms with Gasteiger partial charge in [-0.2, -0.15) is 0 Å². The van der Waals surface area contributed by atoms with E-state index in [9.17, 15) is 4.79 Å². The van der Waals surface area contributed by atoms with Crippen LogP contribution in [0.2, 0.25) is 0 Å². The lowest BCUT2D eigenvalue weighted by Crippen LogP contribution is -2.33. The minimum absolute atomic E-state index is 0.0446. The second kappa shape index (κ2) is 9.80. The Morgan fingerprint density at radius 2 is 1.55 bits per heavy atom. The molecule has 0 aliphatic carbocycles. The van der Waals surface area contributed by atoms with Gasteiger partial charge in [0.15, 0.2) is 0 Å². The topological polar surface area (TPSA) is 32.8 Å². The van der Waals surface area contributed by atoms with Crippen LogP contribution in [0.4, 0.5) is 0 Å². The summed E-state index contributed by atoms with van der Waals surface area (Å²) in [5.74, 6) is 1.04. The van der Waals surface area contributed by atoms with E-state index >= 15 is 0 Å². The van der Waals surface area contributed by atoms with Gasteiger partial charge in [-0.05, 0) is 47.2 Å². The van der Waals surface area contributed by atoms with Crippen molar-refractivity contribution in [2.75, 3.05) is 20.2 Å². The fraction of sp³-hybridized carbons (Fsp3) is 0.296. The van der Waals surface area contributed by atoms with Gasteiger partial charge < -0.3 is 9.64 Å². The summed E-state index contributed by atoms with van der Waals surface area (Å²) in [6.07, 6.45) is 1.79. The molecule has 4 heteroatoms. The summed E-state index contributed by atoms with van der Waals surface area (Å²) in [4.78, 5) is 17.4. The first-order valence-electron chi connectivity index (χ1n) is 11.0. The van der Waals surface area contributed by atoms with Crippen molar-refractivity contribution in [3.63, 3.8) is 0 Å². The van der Waals surface area contributed by atoms with Gasteiger partial charge in [0, 0.05) is 13.1 Å². The number of carbonyl (C=O) groups is 1. The van der Waals surface area contributed by atoms with Gasteiger partial charge in [0.25, 0.3) is 0 Å². The number of methoxy groups -OCH3 is 1. The monoisotopic (exact) mass is 414 g/mol. The molecule has 0 saturated carbocycles. The summed E-state index contributed by atoms with van der Waals surface area (Å²) in [7, 11) is 1.67. The van der Waals surface area contributed by atoms with E-state index in [1.54, 1.807) is 7.11 Å². The second-order valence-corrected chi connectivity index (χ2v) is 8.04. The molecule has 1 fully saturated rings. The van der Waals surface area contributed by atoms with Gasteiger partial charge in [0.05, 0.1) is 13.7 Å². The predicted octanol–water partition coefficient (Wildman–Crippen LogP) is 4.84. The first kappa shape index (κ1) is 21.1. The van der Waals surface area contributed by atoms with E-state index in [0.717, 1.165) is 25.1 Å². The third-order valence-electron chi connectivity index (χ3n) is 6.01. The van der Waals surface area contributed by atoms with Crippen molar-refractivity contribution in [2.24, 2.45) is 0 Å². The van der Waals surface area contributed by atoms with Crippen molar-refractivity contribution < 1.29 is 9.53 Å². The molecule has 3 aromatic rings. The fourth-order valence-corrected chi connectivity index (χ4v) is 4.25. The minimum Gasteiger partial charge on any atom is -0.497 e. The Morgan fingerprint density at radius 3 is 2.19 bits per heavy atom. The second-order valence-electron chi connectivity index (χ2n) is 8.04. The number of benzene rings is 3. The Balaban J connectivity index is 1.56. The van der Waals surface area contributed by atoms with Crippen molar-refractivity contribution >= 4 is 5.91 Å². The molecule has 1 amide bonds. The smallest absolute Gasteiger partial charge is 0.238 e. The maximum Gasteiger partial charge on any atom is 0.238 e. The van der Waals surface area contributed by atoms with Gasteiger partial charge >= 0.3 is 0 Å². The maximum atomic E-state index is 13.1. The van der Waals surface area contributed by atoms with Crippen molar-refractivity contribution in [2.45, 2.75) is 32.5 Å². The minimum atomic E-state index is -0.0446. The van der Waals surface area contributed by atoms with Crippen LogP contribution in [0.25, 0.3) is 0 Å². The third-order valence-corrected chi connectivity index (χ3v) is 6.01. The number of rotatable bonds is 8. The van der Waals surface area contributed by atoms with Crippen LogP contribution in [0.5, 0.6) is 5.75 Å². The van der Waals surface area contributed by atoms with Crippen molar-refractivity contribution in [1.82, 2.24) is 9.80 Å². The summed E-state index contributed by atoms with van der Waals surface area (Å²) in [6.45, 7) is 4.05. The first-order chi connectivity index (χ1) is 15.2. The van der Waals surface area contributed by atoms with E-state index in [2.05, 4.69) is 72.5 Å². The van der Waals surface area contributed by atoms with Gasteiger partial charge in [-0.1, -0.05) is 73.7 Å². The lowest BCUT2D eigenvalue weighted by Gasteiger charge is -2.31. The van der Waals surface area contributed by atoms with Crippen LogP contribution in [0, 0.1) is 0 Å². The summed E-state index contributed by atoms with van der Waals surface area (Å²) in [6, 6.07) is 27.2. The van der Waals surface area contributed by atoms with E-state index in [1.165, 1.54) is 22.3 Å². The largest absolute Gasteiger partial charge is 0.497 e. The Bertz CT molecular complexity index is 984. The molecule has 0 aromatic heterocycles. The Labute approximate surface area is 185 Å². The first-order valence-corrected chi connectivity index (χ1v) is 11.0. The average Bonchev–Trinajstić information content (AvgIpc) is 3.13. The van der Waals surface area contributed by atoms with Crippen molar-refractivity contribution in [3.05, 3.63) is 101 Å². The zero-order valence-electron chi connectivity index (χ0n) is 18.3. The van der Waals surface area contributed by atoms with E-state index in [-0.39, 0.29) is 12.1 Å². The highest BCUT2D eigenvalue weighted by atomic mass is 16.5. The lowest BCUT2D eigenvalue weighted by molar-refractivity contribution is -0.128. The molecule has 31 heavy (non-hydrogen) atoms. The van der Waals surface area contributed by atoms with E-state index in [0.29, 0.717) is 13.1 Å². The predicted molar refractivity (Wildman–Crippen MR) is 124 cm³/mol. The molecule has 1 aliphatic heterocycles. The van der Waals surface area contributed by atoms with Gasteiger partial charge in [-0.25, -0.2) is 0 Å². The Kier molecular flexibility index (Phi) is 6.68. The molecule has 4 rings (SSSR count). The van der Waals surface area contributed by atoms with E-state index < -0.39 is 0 Å². The molecule has 0 bridgehead atoms. The number of ether oxygens (including phenoxy) is 1. The van der Waals surface area contributed by atoms with E-state index in [1.807, 2.05) is 23.1 Å². The van der Waals surface area contributed by atoms with Crippen LogP contribution in [0.15, 0.2) is 78.9 Å². The molecule has 1 saturated heterocycles. The van der Waals surface area contributed by atoms with Crippen LogP contribution in [-0.4, -0.2) is 35.9 Å². The van der Waals surface area contributed by atoms with Gasteiger partial charge in [-0.3, -0.25) is 9.69 Å². The molecule has 0 radical (unpaired) electrons. The van der Waals surface area contributed by atoms with Crippen molar-refractivity contribution in [1.29, 1.82) is 0 Å². The number of carbonyl (C=O) groups excluding carboxylic acids is 1. The van der Waals surface area contributed by atoms with Crippen molar-refractivity contribution in [3.8, 4) is 5.75 Å². The number of amides is 1. The molecule has 3 aromatic carbocycles. The molecular formula is C27H30N2O2. The van der Waals surface area contributed by atoms with Crippen LogP contribution < -0.4 is 4.74 Å². The van der Waals surface area contributed by atoms with Crippen LogP contribution in [0.3, 0.4) is 0 Å². The lowest BCUT2D eigenvalue weighted by atomic mass is 10.1. The number of hydrogen-bond donors (Lipinski definition) is 0. The quantitative estimate of drug-likeness (QED) is 0.529. The summed E-state index contributed by atoms with van der Waals surface area (Å²) < 4.78 is 5.26. The van der Waals surface area contributed by atoms with E-state index in [4.69, 9.17) is 4.74 Å². The molecule has 0 spiro atoms. The zero-order chi connectivity index (χ0) is 21.6. The molecule has 1 aliphatic rings. The van der Waals surface area contributed by atoms with Gasteiger partial charge in [0.2, 0.25) is 5.91 Å². The molecule has 1 heterocycles. The Morgan fingerprint density at radius 1 is 0.871 bits per heavy atom. The van der Waals surface area contributed by atoms with Gasteiger partial charge in [0.1, 0.15) is 11.9 Å². The average molecular weight is 415 g/mol. The fourth-order valence-electron chi connectivity index (χ4n) is 4.25. The third kappa shape index (κ3) is 4.97. The number of nitrogens with zero attached hydrogens (tertiary/aromatic N) is 2. The standard InChI is InChI=1S/C27H30N2O2/c1-3-21-9-13-24(14-10-21)27-28(19-23-7-5-4-6-8-23)20-26(30)29(27)18-17-22-11-15-25(31-2)16-12-22/h4-16,27H,3,17-20H2,1-2H3. The maximum absolute atomic E-state index is 13.1. The molecule has 1 unspecified atom stereocenters. The molecule has 1 atom stereocenters. The molecule has 0 N–H and O–H groups in total. The summed E-state index contributed by atoms with van der Waals surface area (Å²) in [5, 5.41) is 0. The number of hydrogen-bond acceptors (Lipinski definition) is 3. The molecule has 160 valence electrons. The molecule has 4 nitrogen and oxygen atoms in total. The normalized spacial score (nSPS) is 16.6. The zero-order valence-corrected chi connectivity index (χ0v) is 18.3. The number of aryl methyl sites for hydroxylation is 1. The highest BCUT2D eigenvalue weighted by Gasteiger charge is 2.38. The summed E-state index contributed by atoms with van der Waals surface area (Å²) >= 11 is 0. The van der Waals surface area contributed by atoms with Crippen LogP contribution >= 0.6 is 0 Å².